The van der Waals surface area contributed by atoms with Crippen molar-refractivity contribution in [1.82, 2.24) is 0 Å². The van der Waals surface area contributed by atoms with Crippen LogP contribution < -0.4 is 0 Å². The van der Waals surface area contributed by atoms with E-state index in [-0.39, 0.29) is 5.41 Å². The molecule has 2 aliphatic rings. The predicted molar refractivity (Wildman–Crippen MR) is 80.7 cm³/mol. The highest BCUT2D eigenvalue weighted by atomic mass is 14.2. The first-order valence-electron chi connectivity index (χ1n) is 6.73. The molecule has 2 rings (SSSR count). The van der Waals surface area contributed by atoms with Crippen molar-refractivity contribution in [3.05, 3.63) is 46.0 Å². The van der Waals surface area contributed by atoms with Crippen molar-refractivity contribution in [3.63, 3.8) is 0 Å². The van der Waals surface area contributed by atoms with Crippen LogP contribution in [0.4, 0.5) is 0 Å². The molecule has 0 fully saturated rings. The average molecular weight is 240 g/mol. The smallest absolute Gasteiger partial charge is 0.0120 e. The topological polar surface area (TPSA) is 0 Å². The maximum atomic E-state index is 2.36. The summed E-state index contributed by atoms with van der Waals surface area (Å²) in [7, 11) is 0. The lowest BCUT2D eigenvalue weighted by atomic mass is 9.87. The van der Waals surface area contributed by atoms with Crippen LogP contribution in [0.25, 0.3) is 11.1 Å². The molecule has 0 amide bonds. The molecule has 0 nitrogen and oxygen atoms in total. The molecule has 0 N–H and O–H groups in total. The second-order valence-corrected chi connectivity index (χ2v) is 6.60. The van der Waals surface area contributed by atoms with Gasteiger partial charge in [0.25, 0.3) is 0 Å². The molecule has 0 saturated carbocycles. The Morgan fingerprint density at radius 1 is 0.722 bits per heavy atom. The summed E-state index contributed by atoms with van der Waals surface area (Å²) in [5.74, 6) is 0. The van der Waals surface area contributed by atoms with Gasteiger partial charge in [0.15, 0.2) is 0 Å². The molecule has 0 atom stereocenters. The second-order valence-electron chi connectivity index (χ2n) is 6.60. The Labute approximate surface area is 111 Å². The largest absolute Gasteiger partial charge is 0.0561 e. The van der Waals surface area contributed by atoms with E-state index in [0.717, 1.165) is 0 Å². The van der Waals surface area contributed by atoms with Crippen molar-refractivity contribution >= 4 is 0 Å². The van der Waals surface area contributed by atoms with E-state index in [9.17, 15) is 0 Å². The maximum Gasteiger partial charge on any atom is -0.0120 e. The van der Waals surface area contributed by atoms with Crippen molar-refractivity contribution in [3.8, 4) is 11.1 Å². The molecule has 0 aromatic carbocycles. The van der Waals surface area contributed by atoms with Gasteiger partial charge in [0.2, 0.25) is 0 Å². The molecule has 0 heteroatoms. The molecular formula is C18H24. The summed E-state index contributed by atoms with van der Waals surface area (Å²) < 4.78 is 0. The van der Waals surface area contributed by atoms with Gasteiger partial charge in [-0.1, -0.05) is 39.0 Å². The standard InChI is InChI=1S/C18H24/c1-11-10-16-12(2)8-15(18(5,6)7)9-13(3)17(16)14(11)4/h8-10H,1-7H3. The fourth-order valence-corrected chi connectivity index (χ4v) is 2.71. The summed E-state index contributed by atoms with van der Waals surface area (Å²) in [6, 6.07) is 7.05. The number of rotatable bonds is 0. The molecule has 0 aromatic rings. The van der Waals surface area contributed by atoms with Gasteiger partial charge in [0, 0.05) is 0 Å². The van der Waals surface area contributed by atoms with E-state index in [1.807, 2.05) is 0 Å². The third-order valence-electron chi connectivity index (χ3n) is 4.03. The van der Waals surface area contributed by atoms with Crippen molar-refractivity contribution in [2.24, 2.45) is 0 Å². The molecule has 96 valence electrons. The Balaban J connectivity index is 2.86. The van der Waals surface area contributed by atoms with Crippen LogP contribution in [0.3, 0.4) is 0 Å². The van der Waals surface area contributed by atoms with Crippen LogP contribution >= 0.6 is 0 Å². The lowest BCUT2D eigenvalue weighted by Crippen LogP contribution is -2.10. The third kappa shape index (κ3) is 2.05. The zero-order chi connectivity index (χ0) is 13.7. The van der Waals surface area contributed by atoms with Crippen LogP contribution in [0.2, 0.25) is 0 Å². The molecular weight excluding hydrogens is 216 g/mol. The fourth-order valence-electron chi connectivity index (χ4n) is 2.71. The Hall–Kier alpha value is -1.30. The Morgan fingerprint density at radius 2 is 1.28 bits per heavy atom. The zero-order valence-corrected chi connectivity index (χ0v) is 12.7. The number of hydrogen-bond acceptors (Lipinski definition) is 0. The van der Waals surface area contributed by atoms with Gasteiger partial charge >= 0.3 is 0 Å². The minimum atomic E-state index is 0.203. The first-order chi connectivity index (χ1) is 8.21. The van der Waals surface area contributed by atoms with Crippen molar-refractivity contribution < 1.29 is 0 Å². The average Bonchev–Trinajstić information content (AvgIpc) is 2.45. The van der Waals surface area contributed by atoms with Gasteiger partial charge in [0.05, 0.1) is 0 Å². The summed E-state index contributed by atoms with van der Waals surface area (Å²) in [6.45, 7) is 15.8. The Bertz CT molecular complexity index is 568. The fraction of sp³-hybridized carbons (Fsp3) is 0.444. The molecule has 0 spiro atoms. The summed E-state index contributed by atoms with van der Waals surface area (Å²) in [4.78, 5) is 0. The van der Waals surface area contributed by atoms with E-state index in [4.69, 9.17) is 0 Å². The van der Waals surface area contributed by atoms with E-state index < -0.39 is 0 Å². The molecule has 0 unspecified atom stereocenters. The lowest BCUT2D eigenvalue weighted by Gasteiger charge is -2.18. The van der Waals surface area contributed by atoms with Gasteiger partial charge in [-0.25, -0.2) is 0 Å². The van der Waals surface area contributed by atoms with E-state index >= 15 is 0 Å². The quantitative estimate of drug-likeness (QED) is 0.584. The highest BCUT2D eigenvalue weighted by Gasteiger charge is 2.19. The minimum Gasteiger partial charge on any atom is -0.0561 e. The van der Waals surface area contributed by atoms with Gasteiger partial charge < -0.3 is 0 Å². The summed E-state index contributed by atoms with van der Waals surface area (Å²) >= 11 is 0. The summed E-state index contributed by atoms with van der Waals surface area (Å²) in [5, 5.41) is 0. The molecule has 0 bridgehead atoms. The molecule has 0 radical (unpaired) electrons. The number of aryl methyl sites for hydroxylation is 3. The van der Waals surface area contributed by atoms with Gasteiger partial charge in [0.1, 0.15) is 0 Å². The molecule has 0 aromatic heterocycles. The lowest BCUT2D eigenvalue weighted by molar-refractivity contribution is 0.590. The molecule has 2 aliphatic carbocycles. The first-order valence-corrected chi connectivity index (χ1v) is 6.73. The van der Waals surface area contributed by atoms with Crippen LogP contribution in [0.15, 0.2) is 18.2 Å². The van der Waals surface area contributed by atoms with Crippen LogP contribution in [-0.2, 0) is 5.41 Å². The van der Waals surface area contributed by atoms with Gasteiger partial charge in [-0.05, 0) is 72.1 Å². The molecule has 0 heterocycles. The number of hydrogen-bond donors (Lipinski definition) is 0. The highest BCUT2D eigenvalue weighted by Crippen LogP contribution is 2.37. The maximum absolute atomic E-state index is 2.36. The second kappa shape index (κ2) is 4.12. The van der Waals surface area contributed by atoms with Crippen molar-refractivity contribution in [2.45, 2.75) is 53.9 Å². The van der Waals surface area contributed by atoms with Crippen LogP contribution in [0.5, 0.6) is 0 Å². The molecule has 0 saturated heterocycles. The monoisotopic (exact) mass is 240 g/mol. The number of fused-ring (bicyclic) bond motifs is 1. The zero-order valence-electron chi connectivity index (χ0n) is 12.7. The van der Waals surface area contributed by atoms with Gasteiger partial charge in [-0.15, -0.1) is 0 Å². The predicted octanol–water partition coefficient (Wildman–Crippen LogP) is 5.32. The van der Waals surface area contributed by atoms with Crippen LogP contribution in [0, 0.1) is 27.7 Å². The minimum absolute atomic E-state index is 0.203. The Morgan fingerprint density at radius 3 is 1.83 bits per heavy atom. The van der Waals surface area contributed by atoms with E-state index in [1.54, 1.807) is 0 Å². The van der Waals surface area contributed by atoms with E-state index in [0.29, 0.717) is 0 Å². The molecule has 18 heavy (non-hydrogen) atoms. The highest BCUT2D eigenvalue weighted by molar-refractivity contribution is 5.78. The van der Waals surface area contributed by atoms with Crippen LogP contribution in [0.1, 0.15) is 48.6 Å². The SMILES string of the molecule is Cc1cc(C(C)(C)C)cc(C)c2c(C)c(C)cc1-2. The summed E-state index contributed by atoms with van der Waals surface area (Å²) in [5.41, 5.74) is 10.1. The van der Waals surface area contributed by atoms with Gasteiger partial charge in [-0.3, -0.25) is 0 Å². The van der Waals surface area contributed by atoms with Crippen molar-refractivity contribution in [1.29, 1.82) is 0 Å². The summed E-state index contributed by atoms with van der Waals surface area (Å²) in [6.07, 6.45) is 0. The van der Waals surface area contributed by atoms with Gasteiger partial charge in [-0.2, -0.15) is 0 Å². The van der Waals surface area contributed by atoms with Crippen molar-refractivity contribution in [2.75, 3.05) is 0 Å². The third-order valence-corrected chi connectivity index (χ3v) is 4.03. The first kappa shape index (κ1) is 13.1. The Kier molecular flexibility index (Phi) is 3.01. The molecule has 0 aliphatic heterocycles. The van der Waals surface area contributed by atoms with E-state index in [2.05, 4.69) is 66.7 Å². The normalized spacial score (nSPS) is 12.2. The van der Waals surface area contributed by atoms with E-state index in [1.165, 1.54) is 38.9 Å². The van der Waals surface area contributed by atoms with Crippen LogP contribution in [-0.4, -0.2) is 0 Å².